The van der Waals surface area contributed by atoms with Crippen molar-refractivity contribution in [3.63, 3.8) is 0 Å². The zero-order valence-corrected chi connectivity index (χ0v) is 24.5. The highest BCUT2D eigenvalue weighted by Gasteiger charge is 2.45. The number of ether oxygens (including phenoxy) is 3. The molecule has 1 amide bonds. The molecule has 2 aliphatic rings. The predicted octanol–water partition coefficient (Wildman–Crippen LogP) is 5.58. The van der Waals surface area contributed by atoms with Gasteiger partial charge < -0.3 is 24.2 Å². The van der Waals surface area contributed by atoms with Crippen LogP contribution in [0.2, 0.25) is 0 Å². The summed E-state index contributed by atoms with van der Waals surface area (Å²) in [4.78, 5) is 30.7. The minimum atomic E-state index is -0.696. The van der Waals surface area contributed by atoms with E-state index in [0.717, 1.165) is 63.1 Å². The van der Waals surface area contributed by atoms with Gasteiger partial charge in [-0.2, -0.15) is 0 Å². The molecule has 2 aromatic rings. The van der Waals surface area contributed by atoms with Gasteiger partial charge in [0.25, 0.3) is 11.7 Å². The van der Waals surface area contributed by atoms with Crippen LogP contribution in [-0.4, -0.2) is 79.2 Å². The quantitative estimate of drug-likeness (QED) is 0.131. The molecule has 8 heteroatoms. The fourth-order valence-corrected chi connectivity index (χ4v) is 5.26. The summed E-state index contributed by atoms with van der Waals surface area (Å²) in [6.45, 7) is 9.80. The van der Waals surface area contributed by atoms with Crippen LogP contribution in [0.15, 0.2) is 54.1 Å². The minimum absolute atomic E-state index is 0.101. The molecule has 0 aromatic heterocycles. The topological polar surface area (TPSA) is 88.5 Å². The van der Waals surface area contributed by atoms with Crippen molar-refractivity contribution in [3.05, 3.63) is 65.2 Å². The average molecular weight is 565 g/mol. The van der Waals surface area contributed by atoms with Crippen LogP contribution in [0.3, 0.4) is 0 Å². The minimum Gasteiger partial charge on any atom is -0.507 e. The van der Waals surface area contributed by atoms with E-state index < -0.39 is 17.7 Å². The number of morpholine rings is 1. The molecule has 2 heterocycles. The molecule has 41 heavy (non-hydrogen) atoms. The summed E-state index contributed by atoms with van der Waals surface area (Å²) in [6.07, 6.45) is 5.87. The van der Waals surface area contributed by atoms with Gasteiger partial charge in [-0.3, -0.25) is 14.5 Å². The molecule has 1 atom stereocenters. The largest absolute Gasteiger partial charge is 0.507 e. The highest BCUT2D eigenvalue weighted by atomic mass is 16.5. The lowest BCUT2D eigenvalue weighted by atomic mass is 9.95. The first kappa shape index (κ1) is 30.6. The number of carbonyl (C=O) groups excluding carboxylic acids is 2. The van der Waals surface area contributed by atoms with Gasteiger partial charge >= 0.3 is 0 Å². The first-order valence-corrected chi connectivity index (χ1v) is 15.1. The fourth-order valence-electron chi connectivity index (χ4n) is 5.26. The number of likely N-dealkylation sites (tertiary alicyclic amines) is 1. The van der Waals surface area contributed by atoms with E-state index in [1.165, 1.54) is 0 Å². The Morgan fingerprint density at radius 1 is 0.878 bits per heavy atom. The smallest absolute Gasteiger partial charge is 0.295 e. The number of amides is 1. The molecule has 222 valence electrons. The molecule has 0 spiro atoms. The Kier molecular flexibility index (Phi) is 11.6. The Bertz CT molecular complexity index is 1170. The van der Waals surface area contributed by atoms with Crippen LogP contribution in [0, 0.1) is 0 Å². The monoisotopic (exact) mass is 564 g/mol. The Hall–Kier alpha value is -3.36. The van der Waals surface area contributed by atoms with E-state index in [0.29, 0.717) is 50.7 Å². The van der Waals surface area contributed by atoms with Crippen molar-refractivity contribution < 1.29 is 28.9 Å². The molecule has 0 saturated carbocycles. The fraction of sp³-hybridized carbons (Fsp3) is 0.515. The van der Waals surface area contributed by atoms with Crippen molar-refractivity contribution in [3.8, 4) is 11.5 Å². The molecule has 1 N–H and O–H groups in total. The Morgan fingerprint density at radius 2 is 1.59 bits per heavy atom. The highest BCUT2D eigenvalue weighted by Crippen LogP contribution is 2.40. The number of benzene rings is 2. The van der Waals surface area contributed by atoms with Gasteiger partial charge in [-0.05, 0) is 49.1 Å². The molecule has 2 aliphatic heterocycles. The van der Waals surface area contributed by atoms with Gasteiger partial charge in [-0.25, -0.2) is 0 Å². The number of carbonyl (C=O) groups is 2. The standard InChI is InChI=1S/C33H44N2O6/c1-3-5-7-21-40-27-14-12-25(13-15-27)30-29(31(36)26-10-8-11-28(24-26)41-20-6-4-2)32(37)33(38)35(30)17-9-16-34-18-22-39-23-19-34/h8,10-15,24,30,36H,3-7,9,16-23H2,1-2H3. The summed E-state index contributed by atoms with van der Waals surface area (Å²) in [5.74, 6) is -0.0934. The summed E-state index contributed by atoms with van der Waals surface area (Å²) in [5.41, 5.74) is 1.31. The third-order valence-electron chi connectivity index (χ3n) is 7.60. The molecular weight excluding hydrogens is 520 g/mol. The third kappa shape index (κ3) is 8.11. The Morgan fingerprint density at radius 3 is 2.32 bits per heavy atom. The number of hydrogen-bond acceptors (Lipinski definition) is 7. The lowest BCUT2D eigenvalue weighted by molar-refractivity contribution is -0.140. The molecule has 0 bridgehead atoms. The first-order chi connectivity index (χ1) is 20.0. The SMILES string of the molecule is CCCCCOc1ccc(C2C(=C(O)c3cccc(OCCCC)c3)C(=O)C(=O)N2CCCN2CCOCC2)cc1. The molecule has 8 nitrogen and oxygen atoms in total. The second-order valence-corrected chi connectivity index (χ2v) is 10.7. The second kappa shape index (κ2) is 15.6. The second-order valence-electron chi connectivity index (χ2n) is 10.7. The van der Waals surface area contributed by atoms with Crippen LogP contribution in [0.25, 0.3) is 5.76 Å². The lowest BCUT2D eigenvalue weighted by Crippen LogP contribution is -2.38. The molecule has 0 radical (unpaired) electrons. The predicted molar refractivity (Wildman–Crippen MR) is 159 cm³/mol. The van der Waals surface area contributed by atoms with Crippen molar-refractivity contribution in [1.29, 1.82) is 0 Å². The van der Waals surface area contributed by atoms with Gasteiger partial charge in [0, 0.05) is 31.7 Å². The number of nitrogens with zero attached hydrogens (tertiary/aromatic N) is 2. The van der Waals surface area contributed by atoms with Gasteiger partial charge in [0.15, 0.2) is 0 Å². The first-order valence-electron chi connectivity index (χ1n) is 15.1. The summed E-state index contributed by atoms with van der Waals surface area (Å²) < 4.78 is 17.2. The molecule has 4 rings (SSSR count). The van der Waals surface area contributed by atoms with Crippen LogP contribution in [0.1, 0.15) is 69.5 Å². The zero-order chi connectivity index (χ0) is 29.0. The molecule has 1 unspecified atom stereocenters. The van der Waals surface area contributed by atoms with Crippen molar-refractivity contribution in [2.24, 2.45) is 0 Å². The van der Waals surface area contributed by atoms with Crippen LogP contribution in [0.4, 0.5) is 0 Å². The van der Waals surface area contributed by atoms with Crippen LogP contribution in [0.5, 0.6) is 11.5 Å². The number of unbranched alkanes of at least 4 members (excludes halogenated alkanes) is 3. The van der Waals surface area contributed by atoms with Gasteiger partial charge in [0.05, 0.1) is 38.0 Å². The number of aliphatic hydroxyl groups excluding tert-OH is 1. The Labute approximate surface area is 243 Å². The van der Waals surface area contributed by atoms with Crippen LogP contribution in [-0.2, 0) is 14.3 Å². The number of rotatable bonds is 15. The maximum absolute atomic E-state index is 13.5. The summed E-state index contributed by atoms with van der Waals surface area (Å²) >= 11 is 0. The number of Topliss-reactive ketones (excluding diaryl/α,β-unsaturated/α-hetero) is 1. The zero-order valence-electron chi connectivity index (χ0n) is 24.5. The molecule has 2 saturated heterocycles. The van der Waals surface area contributed by atoms with E-state index in [2.05, 4.69) is 18.7 Å². The molecular formula is C33H44N2O6. The van der Waals surface area contributed by atoms with E-state index in [9.17, 15) is 14.7 Å². The normalized spacial score (nSPS) is 19.1. The van der Waals surface area contributed by atoms with Crippen molar-refractivity contribution in [1.82, 2.24) is 9.80 Å². The van der Waals surface area contributed by atoms with E-state index in [4.69, 9.17) is 14.2 Å². The third-order valence-corrected chi connectivity index (χ3v) is 7.60. The number of aliphatic hydroxyl groups is 1. The molecule has 2 fully saturated rings. The van der Waals surface area contributed by atoms with Crippen molar-refractivity contribution in [2.45, 2.75) is 58.4 Å². The maximum atomic E-state index is 13.5. The summed E-state index contributed by atoms with van der Waals surface area (Å²) in [6, 6.07) is 13.9. The highest BCUT2D eigenvalue weighted by molar-refractivity contribution is 6.46. The van der Waals surface area contributed by atoms with E-state index in [1.54, 1.807) is 23.1 Å². The van der Waals surface area contributed by atoms with E-state index in [1.807, 2.05) is 30.3 Å². The van der Waals surface area contributed by atoms with Crippen LogP contribution >= 0.6 is 0 Å². The molecule has 0 aliphatic carbocycles. The maximum Gasteiger partial charge on any atom is 0.295 e. The van der Waals surface area contributed by atoms with Crippen molar-refractivity contribution in [2.75, 3.05) is 52.6 Å². The summed E-state index contributed by atoms with van der Waals surface area (Å²) in [5, 5.41) is 11.5. The lowest BCUT2D eigenvalue weighted by Gasteiger charge is -2.29. The van der Waals surface area contributed by atoms with E-state index >= 15 is 0 Å². The van der Waals surface area contributed by atoms with Gasteiger partial charge in [0.2, 0.25) is 0 Å². The summed E-state index contributed by atoms with van der Waals surface area (Å²) in [7, 11) is 0. The number of ketones is 1. The van der Waals surface area contributed by atoms with Gasteiger partial charge in [-0.15, -0.1) is 0 Å². The van der Waals surface area contributed by atoms with Gasteiger partial charge in [-0.1, -0.05) is 57.4 Å². The Balaban J connectivity index is 1.61. The van der Waals surface area contributed by atoms with Crippen LogP contribution < -0.4 is 9.47 Å². The molecule has 2 aromatic carbocycles. The number of hydrogen-bond donors (Lipinski definition) is 1. The van der Waals surface area contributed by atoms with Gasteiger partial charge in [0.1, 0.15) is 17.3 Å². The average Bonchev–Trinajstić information content (AvgIpc) is 3.25. The van der Waals surface area contributed by atoms with Crippen molar-refractivity contribution >= 4 is 17.4 Å². The van der Waals surface area contributed by atoms with E-state index in [-0.39, 0.29) is 11.3 Å².